The molecule has 0 aliphatic heterocycles. The topological polar surface area (TPSA) is 95.5 Å². The van der Waals surface area contributed by atoms with Gasteiger partial charge in [-0.05, 0) is 24.6 Å². The lowest BCUT2D eigenvalue weighted by atomic mass is 10.2. The van der Waals surface area contributed by atoms with Crippen molar-refractivity contribution in [3.63, 3.8) is 0 Å². The van der Waals surface area contributed by atoms with E-state index in [1.54, 1.807) is 19.1 Å². The number of halogens is 1. The monoisotopic (exact) mass is 322 g/mol. The number of carbonyl (C=O) groups excluding carboxylic acids is 1. The predicted molar refractivity (Wildman–Crippen MR) is 78.2 cm³/mol. The summed E-state index contributed by atoms with van der Waals surface area (Å²) in [6, 6.07) is 5.87. The van der Waals surface area contributed by atoms with Gasteiger partial charge in [0.15, 0.2) is 0 Å². The van der Waals surface area contributed by atoms with Crippen molar-refractivity contribution in [1.29, 1.82) is 0 Å². The van der Waals surface area contributed by atoms with E-state index in [2.05, 4.69) is 5.16 Å². The summed E-state index contributed by atoms with van der Waals surface area (Å²) in [4.78, 5) is 21.7. The lowest BCUT2D eigenvalue weighted by molar-refractivity contribution is -0.384. The molecule has 1 heterocycles. The molecule has 1 aromatic carbocycles. The number of ether oxygens (including phenoxy) is 1. The van der Waals surface area contributed by atoms with E-state index in [0.717, 1.165) is 0 Å². The van der Waals surface area contributed by atoms with Crippen LogP contribution in [-0.2, 0) is 16.1 Å². The van der Waals surface area contributed by atoms with Gasteiger partial charge in [-0.3, -0.25) is 10.1 Å². The Labute approximate surface area is 130 Å². The van der Waals surface area contributed by atoms with Gasteiger partial charge < -0.3 is 9.26 Å². The Morgan fingerprint density at radius 3 is 2.91 bits per heavy atom. The van der Waals surface area contributed by atoms with Crippen molar-refractivity contribution in [2.75, 3.05) is 0 Å². The molecule has 0 radical (unpaired) electrons. The van der Waals surface area contributed by atoms with E-state index < -0.39 is 10.9 Å². The standard InChI is InChI=1S/C14H11ClN2O5/c1-9-6-11(16-22-9)8-21-14(18)5-3-10-2-4-12(15)13(7-10)17(19)20/h2-7H,8H2,1H3/b5-3+. The van der Waals surface area contributed by atoms with Crippen molar-refractivity contribution in [2.45, 2.75) is 13.5 Å². The third-order valence-corrected chi connectivity index (χ3v) is 2.94. The second-order valence-electron chi connectivity index (χ2n) is 4.34. The van der Waals surface area contributed by atoms with Gasteiger partial charge >= 0.3 is 5.97 Å². The van der Waals surface area contributed by atoms with Gasteiger partial charge in [0.05, 0.1) is 4.92 Å². The summed E-state index contributed by atoms with van der Waals surface area (Å²) in [5, 5.41) is 14.5. The number of aryl methyl sites for hydroxylation is 1. The Bertz CT molecular complexity index is 739. The Balaban J connectivity index is 1.97. The maximum atomic E-state index is 11.6. The molecule has 0 spiro atoms. The molecule has 0 fully saturated rings. The van der Waals surface area contributed by atoms with Crippen LogP contribution in [0.25, 0.3) is 6.08 Å². The highest BCUT2D eigenvalue weighted by atomic mass is 35.5. The quantitative estimate of drug-likeness (QED) is 0.363. The van der Waals surface area contributed by atoms with Crippen LogP contribution in [0.1, 0.15) is 17.0 Å². The van der Waals surface area contributed by atoms with E-state index in [-0.39, 0.29) is 17.3 Å². The Kier molecular flexibility index (Phi) is 4.90. The van der Waals surface area contributed by atoms with Crippen LogP contribution in [0.3, 0.4) is 0 Å². The fourth-order valence-electron chi connectivity index (χ4n) is 1.62. The zero-order valence-corrected chi connectivity index (χ0v) is 12.2. The molecule has 0 saturated carbocycles. The lowest BCUT2D eigenvalue weighted by Crippen LogP contribution is -2.00. The fraction of sp³-hybridized carbons (Fsp3) is 0.143. The summed E-state index contributed by atoms with van der Waals surface area (Å²) in [6.45, 7) is 1.72. The predicted octanol–water partition coefficient (Wildman–Crippen LogP) is 3.30. The number of rotatable bonds is 5. The van der Waals surface area contributed by atoms with E-state index in [4.69, 9.17) is 20.9 Å². The smallest absolute Gasteiger partial charge is 0.331 e. The van der Waals surface area contributed by atoms with Gasteiger partial charge in [0.2, 0.25) is 0 Å². The third-order valence-electron chi connectivity index (χ3n) is 2.62. The van der Waals surface area contributed by atoms with Gasteiger partial charge in [-0.15, -0.1) is 0 Å². The first-order valence-corrected chi connectivity index (χ1v) is 6.54. The molecule has 0 N–H and O–H groups in total. The highest BCUT2D eigenvalue weighted by molar-refractivity contribution is 6.32. The van der Waals surface area contributed by atoms with Crippen molar-refractivity contribution in [2.24, 2.45) is 0 Å². The number of benzene rings is 1. The SMILES string of the molecule is Cc1cc(COC(=O)/C=C/c2ccc(Cl)c([N+](=O)[O-])c2)no1. The molecule has 0 atom stereocenters. The van der Waals surface area contributed by atoms with Crippen LogP contribution >= 0.6 is 11.6 Å². The molecule has 0 unspecified atom stereocenters. The summed E-state index contributed by atoms with van der Waals surface area (Å²) in [5.41, 5.74) is 0.738. The molecule has 0 bridgehead atoms. The molecule has 0 saturated heterocycles. The molecule has 8 heteroatoms. The maximum absolute atomic E-state index is 11.6. The minimum absolute atomic E-state index is 0.0126. The molecular weight excluding hydrogens is 312 g/mol. The van der Waals surface area contributed by atoms with Gasteiger partial charge in [0, 0.05) is 18.2 Å². The first kappa shape index (κ1) is 15.7. The van der Waals surface area contributed by atoms with Gasteiger partial charge in [-0.1, -0.05) is 22.8 Å². The second kappa shape index (κ2) is 6.86. The van der Waals surface area contributed by atoms with Crippen LogP contribution in [-0.4, -0.2) is 16.0 Å². The fourth-order valence-corrected chi connectivity index (χ4v) is 1.80. The molecule has 2 rings (SSSR count). The summed E-state index contributed by atoms with van der Waals surface area (Å²) >= 11 is 5.70. The molecule has 1 aromatic heterocycles. The van der Waals surface area contributed by atoms with Gasteiger partial charge in [0.1, 0.15) is 23.1 Å². The van der Waals surface area contributed by atoms with E-state index >= 15 is 0 Å². The van der Waals surface area contributed by atoms with Gasteiger partial charge in [-0.2, -0.15) is 0 Å². The van der Waals surface area contributed by atoms with E-state index in [9.17, 15) is 14.9 Å². The van der Waals surface area contributed by atoms with Crippen molar-refractivity contribution in [1.82, 2.24) is 5.16 Å². The molecule has 0 amide bonds. The maximum Gasteiger partial charge on any atom is 0.331 e. The van der Waals surface area contributed by atoms with E-state index in [0.29, 0.717) is 17.0 Å². The Morgan fingerprint density at radius 1 is 1.50 bits per heavy atom. The Hall–Kier alpha value is -2.67. The zero-order chi connectivity index (χ0) is 16.1. The number of carbonyl (C=O) groups is 1. The number of hydrogen-bond donors (Lipinski definition) is 0. The number of aromatic nitrogens is 1. The molecule has 114 valence electrons. The van der Waals surface area contributed by atoms with Crippen LogP contribution < -0.4 is 0 Å². The average molecular weight is 323 g/mol. The summed E-state index contributed by atoms with van der Waals surface area (Å²) < 4.78 is 9.79. The van der Waals surface area contributed by atoms with Crippen LogP contribution in [0.15, 0.2) is 34.9 Å². The van der Waals surface area contributed by atoms with Crippen LogP contribution in [0.5, 0.6) is 0 Å². The molecule has 22 heavy (non-hydrogen) atoms. The highest BCUT2D eigenvalue weighted by Crippen LogP contribution is 2.25. The minimum atomic E-state index is -0.599. The van der Waals surface area contributed by atoms with Crippen molar-refractivity contribution < 1.29 is 19.0 Å². The Morgan fingerprint density at radius 2 is 2.27 bits per heavy atom. The highest BCUT2D eigenvalue weighted by Gasteiger charge is 2.11. The normalized spacial score (nSPS) is 10.8. The molecule has 7 nitrogen and oxygen atoms in total. The third kappa shape index (κ3) is 4.16. The minimum Gasteiger partial charge on any atom is -0.456 e. The molecule has 2 aromatic rings. The van der Waals surface area contributed by atoms with Crippen LogP contribution in [0, 0.1) is 17.0 Å². The van der Waals surface area contributed by atoms with Crippen LogP contribution in [0.4, 0.5) is 5.69 Å². The molecule has 0 aliphatic rings. The summed E-state index contributed by atoms with van der Waals surface area (Å²) in [6.07, 6.45) is 2.57. The first-order valence-electron chi connectivity index (χ1n) is 6.16. The molecular formula is C14H11ClN2O5. The largest absolute Gasteiger partial charge is 0.456 e. The van der Waals surface area contributed by atoms with Gasteiger partial charge in [0.25, 0.3) is 5.69 Å². The van der Waals surface area contributed by atoms with Gasteiger partial charge in [-0.25, -0.2) is 4.79 Å². The number of hydrogen-bond acceptors (Lipinski definition) is 6. The number of nitrogens with zero attached hydrogens (tertiary/aromatic N) is 2. The van der Waals surface area contributed by atoms with Crippen molar-refractivity contribution >= 4 is 29.3 Å². The first-order chi connectivity index (χ1) is 10.5. The number of nitro groups is 1. The van der Waals surface area contributed by atoms with E-state index in [1.165, 1.54) is 24.3 Å². The number of nitro benzene ring substituents is 1. The average Bonchev–Trinajstić information content (AvgIpc) is 2.89. The van der Waals surface area contributed by atoms with Crippen molar-refractivity contribution in [3.05, 3.63) is 62.5 Å². The summed E-state index contributed by atoms with van der Waals surface area (Å²) in [7, 11) is 0. The lowest BCUT2D eigenvalue weighted by Gasteiger charge is -1.99. The second-order valence-corrected chi connectivity index (χ2v) is 4.75. The summed E-state index contributed by atoms with van der Waals surface area (Å²) in [5.74, 6) is 0.0216. The van der Waals surface area contributed by atoms with E-state index in [1.807, 2.05) is 0 Å². The zero-order valence-electron chi connectivity index (χ0n) is 11.5. The number of esters is 1. The molecule has 0 aliphatic carbocycles. The van der Waals surface area contributed by atoms with Crippen molar-refractivity contribution in [3.8, 4) is 0 Å². The van der Waals surface area contributed by atoms with Crippen LogP contribution in [0.2, 0.25) is 5.02 Å².